The number of carbonyl (C=O) groups is 1. The molecule has 0 aliphatic heterocycles. The van der Waals surface area contributed by atoms with Crippen LogP contribution in [-0.4, -0.2) is 27.0 Å². The zero-order chi connectivity index (χ0) is 14.1. The highest BCUT2D eigenvalue weighted by molar-refractivity contribution is 5.93. The van der Waals surface area contributed by atoms with Gasteiger partial charge in [0.1, 0.15) is 5.52 Å². The summed E-state index contributed by atoms with van der Waals surface area (Å²) in [6.07, 6.45) is 8.54. The molecule has 0 radical (unpaired) electrons. The van der Waals surface area contributed by atoms with Crippen LogP contribution in [-0.2, 0) is 0 Å². The summed E-state index contributed by atoms with van der Waals surface area (Å²) in [6.45, 7) is 0.0639. The fourth-order valence-electron chi connectivity index (χ4n) is 2.07. The van der Waals surface area contributed by atoms with Crippen molar-refractivity contribution >= 4 is 17.1 Å². The largest absolute Gasteiger partial charge is 0.340 e. The highest BCUT2D eigenvalue weighted by Gasteiger charge is 2.29. The monoisotopic (exact) mass is 268 g/mol. The van der Waals surface area contributed by atoms with Crippen molar-refractivity contribution in [1.82, 2.24) is 19.9 Å². The third-order valence-corrected chi connectivity index (χ3v) is 3.13. The number of terminal acetylenes is 1. The van der Waals surface area contributed by atoms with Crippen molar-refractivity contribution in [2.24, 2.45) is 0 Å². The Labute approximate surface area is 114 Å². The molecule has 100 valence electrons. The maximum absolute atomic E-state index is 12.4. The molecule has 0 spiro atoms. The Hall–Kier alpha value is -2.68. The summed E-state index contributed by atoms with van der Waals surface area (Å²) in [4.78, 5) is 32.7. The molecule has 1 N–H and O–H groups in total. The van der Waals surface area contributed by atoms with Crippen LogP contribution in [0.15, 0.2) is 23.1 Å². The number of rotatable bonds is 3. The molecule has 1 aliphatic rings. The van der Waals surface area contributed by atoms with Gasteiger partial charge in [-0.2, -0.15) is 0 Å². The van der Waals surface area contributed by atoms with Crippen molar-refractivity contribution in [3.05, 3.63) is 34.4 Å². The Morgan fingerprint density at radius 3 is 3.05 bits per heavy atom. The number of nitrogens with zero attached hydrogens (tertiary/aromatic N) is 3. The Morgan fingerprint density at radius 2 is 2.35 bits per heavy atom. The molecule has 6 heteroatoms. The van der Waals surface area contributed by atoms with Crippen LogP contribution >= 0.6 is 0 Å². The number of amides is 1. The van der Waals surface area contributed by atoms with Gasteiger partial charge in [0.2, 0.25) is 0 Å². The third-order valence-electron chi connectivity index (χ3n) is 3.13. The van der Waals surface area contributed by atoms with E-state index in [0.717, 1.165) is 12.8 Å². The molecule has 3 rings (SSSR count). The molecule has 1 aliphatic carbocycles. The van der Waals surface area contributed by atoms with Gasteiger partial charge in [-0.3, -0.25) is 14.2 Å². The lowest BCUT2D eigenvalue weighted by molar-refractivity contribution is 0.0952. The molecule has 0 atom stereocenters. The molecule has 20 heavy (non-hydrogen) atoms. The number of carbonyl (C=O) groups excluding carboxylic acids is 1. The summed E-state index contributed by atoms with van der Waals surface area (Å²) < 4.78 is 1.56. The highest BCUT2D eigenvalue weighted by Crippen LogP contribution is 2.35. The van der Waals surface area contributed by atoms with E-state index < -0.39 is 11.5 Å². The highest BCUT2D eigenvalue weighted by atomic mass is 16.2. The lowest BCUT2D eigenvalue weighted by atomic mass is 10.3. The van der Waals surface area contributed by atoms with Crippen molar-refractivity contribution in [2.45, 2.75) is 18.9 Å². The Morgan fingerprint density at radius 1 is 1.55 bits per heavy atom. The second-order valence-corrected chi connectivity index (χ2v) is 4.60. The van der Waals surface area contributed by atoms with E-state index >= 15 is 0 Å². The summed E-state index contributed by atoms with van der Waals surface area (Å²) in [5.74, 6) is 1.75. The Balaban J connectivity index is 2.19. The molecule has 0 saturated heterocycles. The average molecular weight is 268 g/mol. The minimum atomic E-state index is -0.548. The maximum atomic E-state index is 12.4. The molecule has 2 aromatic heterocycles. The molecule has 6 nitrogen and oxygen atoms in total. The van der Waals surface area contributed by atoms with Crippen LogP contribution in [0.3, 0.4) is 0 Å². The summed E-state index contributed by atoms with van der Waals surface area (Å²) in [5.41, 5.74) is 0.513. The van der Waals surface area contributed by atoms with E-state index in [0.29, 0.717) is 11.2 Å². The van der Waals surface area contributed by atoms with Gasteiger partial charge in [0.05, 0.1) is 6.54 Å². The van der Waals surface area contributed by atoms with Crippen molar-refractivity contribution in [1.29, 1.82) is 0 Å². The van der Waals surface area contributed by atoms with Gasteiger partial charge in [-0.25, -0.2) is 9.97 Å². The van der Waals surface area contributed by atoms with Gasteiger partial charge in [0.15, 0.2) is 11.3 Å². The van der Waals surface area contributed by atoms with E-state index in [1.807, 2.05) is 0 Å². The zero-order valence-electron chi connectivity index (χ0n) is 10.7. The summed E-state index contributed by atoms with van der Waals surface area (Å²) in [7, 11) is 0. The standard InChI is InChI=1S/C14H12N4O2/c1-2-7-16-13(19)11-14(20)18(9-5-6-9)12-10(17-11)4-3-8-15-12/h1,3-4,8-9H,5-7H2,(H,16,19). The minimum absolute atomic E-state index is 0.0639. The van der Waals surface area contributed by atoms with Gasteiger partial charge in [0.25, 0.3) is 11.5 Å². The van der Waals surface area contributed by atoms with Gasteiger partial charge < -0.3 is 5.32 Å². The molecule has 0 aromatic carbocycles. The van der Waals surface area contributed by atoms with Crippen molar-refractivity contribution in [2.75, 3.05) is 6.54 Å². The Kier molecular flexibility index (Phi) is 2.95. The fourth-order valence-corrected chi connectivity index (χ4v) is 2.07. The molecule has 2 heterocycles. The van der Waals surface area contributed by atoms with Crippen LogP contribution in [0, 0.1) is 12.3 Å². The summed E-state index contributed by atoms with van der Waals surface area (Å²) in [6, 6.07) is 3.57. The first-order chi connectivity index (χ1) is 9.72. The lowest BCUT2D eigenvalue weighted by Gasteiger charge is -2.09. The number of nitrogens with one attached hydrogen (secondary N) is 1. The molecule has 0 bridgehead atoms. The van der Waals surface area contributed by atoms with E-state index in [-0.39, 0.29) is 18.3 Å². The van der Waals surface area contributed by atoms with E-state index in [2.05, 4.69) is 21.2 Å². The van der Waals surface area contributed by atoms with Gasteiger partial charge in [-0.15, -0.1) is 6.42 Å². The molecule has 1 amide bonds. The molecular weight excluding hydrogens is 256 g/mol. The SMILES string of the molecule is C#CCNC(=O)c1nc2cccnc2n(C2CC2)c1=O. The van der Waals surface area contributed by atoms with Gasteiger partial charge in [-0.05, 0) is 25.0 Å². The molecule has 2 aromatic rings. The second-order valence-electron chi connectivity index (χ2n) is 4.60. The minimum Gasteiger partial charge on any atom is -0.340 e. The van der Waals surface area contributed by atoms with Gasteiger partial charge in [0, 0.05) is 12.2 Å². The van der Waals surface area contributed by atoms with E-state index in [1.54, 1.807) is 22.9 Å². The average Bonchev–Trinajstić information content (AvgIpc) is 3.28. The second kappa shape index (κ2) is 4.78. The first-order valence-corrected chi connectivity index (χ1v) is 6.31. The molecule has 1 fully saturated rings. The van der Waals surface area contributed by atoms with Gasteiger partial charge >= 0.3 is 0 Å². The predicted molar refractivity (Wildman–Crippen MR) is 73.2 cm³/mol. The first-order valence-electron chi connectivity index (χ1n) is 6.31. The summed E-state index contributed by atoms with van der Waals surface area (Å²) in [5, 5.41) is 2.47. The molecule has 0 unspecified atom stereocenters. The van der Waals surface area contributed by atoms with E-state index in [4.69, 9.17) is 6.42 Å². The quantitative estimate of drug-likeness (QED) is 0.822. The van der Waals surface area contributed by atoms with Crippen LogP contribution in [0.4, 0.5) is 0 Å². The topological polar surface area (TPSA) is 76.9 Å². The molecular formula is C14H12N4O2. The fraction of sp³-hybridized carbons (Fsp3) is 0.286. The number of hydrogen-bond donors (Lipinski definition) is 1. The van der Waals surface area contributed by atoms with Crippen molar-refractivity contribution < 1.29 is 4.79 Å². The zero-order valence-corrected chi connectivity index (χ0v) is 10.7. The normalized spacial score (nSPS) is 13.9. The van der Waals surface area contributed by atoms with Crippen LogP contribution in [0.5, 0.6) is 0 Å². The van der Waals surface area contributed by atoms with Crippen molar-refractivity contribution in [3.63, 3.8) is 0 Å². The van der Waals surface area contributed by atoms with Crippen LogP contribution in [0.2, 0.25) is 0 Å². The third kappa shape index (κ3) is 2.03. The first kappa shape index (κ1) is 12.4. The number of aromatic nitrogens is 3. The van der Waals surface area contributed by atoms with E-state index in [1.165, 1.54) is 0 Å². The maximum Gasteiger partial charge on any atom is 0.284 e. The predicted octanol–water partition coefficient (Wildman–Crippen LogP) is 0.489. The van der Waals surface area contributed by atoms with Crippen molar-refractivity contribution in [3.8, 4) is 12.3 Å². The van der Waals surface area contributed by atoms with Crippen LogP contribution in [0.25, 0.3) is 11.2 Å². The number of pyridine rings is 1. The number of fused-ring (bicyclic) bond motifs is 1. The van der Waals surface area contributed by atoms with E-state index in [9.17, 15) is 9.59 Å². The number of hydrogen-bond acceptors (Lipinski definition) is 4. The Bertz CT molecular complexity index is 784. The van der Waals surface area contributed by atoms with Crippen LogP contribution in [0.1, 0.15) is 29.4 Å². The molecule has 1 saturated carbocycles. The summed E-state index contributed by atoms with van der Waals surface area (Å²) >= 11 is 0. The smallest absolute Gasteiger partial charge is 0.284 e. The van der Waals surface area contributed by atoms with Gasteiger partial charge in [-0.1, -0.05) is 5.92 Å². The van der Waals surface area contributed by atoms with Crippen LogP contribution < -0.4 is 10.9 Å². The lowest BCUT2D eigenvalue weighted by Crippen LogP contribution is -2.35.